The number of esters is 3. The average molecular weight is 1410 g/mol. The Bertz CT molecular complexity index is 2060. The zero-order valence-corrected chi connectivity index (χ0v) is 60.3. The largest absolute Gasteiger partial charge is 0.472 e. The van der Waals surface area contributed by atoms with Crippen LogP contribution in [0.25, 0.3) is 0 Å². The molecule has 2 heterocycles. The van der Waals surface area contributed by atoms with E-state index in [9.17, 15) is 74.9 Å². The fraction of sp³-hybridized carbons (Fsp3) is 0.931. The summed E-state index contributed by atoms with van der Waals surface area (Å²) in [6, 6.07) is 0. The number of phosphoric ester groups is 1. The molecule has 3 fully saturated rings. The Kier molecular flexibility index (Phi) is 49.8. The van der Waals surface area contributed by atoms with Gasteiger partial charge in [-0.2, -0.15) is 0 Å². The molecule has 0 aromatic rings. The van der Waals surface area contributed by atoms with Gasteiger partial charge in [0, 0.05) is 19.3 Å². The van der Waals surface area contributed by atoms with Crippen LogP contribution in [0.1, 0.15) is 297 Å². The molecule has 0 spiro atoms. The summed E-state index contributed by atoms with van der Waals surface area (Å²) in [7, 11) is -5.69. The molecule has 11 N–H and O–H groups in total. The molecule has 2 saturated heterocycles. The van der Waals surface area contributed by atoms with Gasteiger partial charge in [-0.15, -0.1) is 0 Å². The van der Waals surface area contributed by atoms with Crippen LogP contribution in [0.5, 0.6) is 0 Å². The summed E-state index contributed by atoms with van der Waals surface area (Å²) in [6.45, 7) is 3.44. The maximum absolute atomic E-state index is 14.3. The van der Waals surface area contributed by atoms with Crippen LogP contribution in [-0.4, -0.2) is 204 Å². The standard InChI is InChI=1S/C72H133O24P/c1-4-7-10-13-16-19-22-25-26-27-28-30-33-36-39-42-45-48-58(76)91-53(50-88-56(74)46-43-40-37-34-31-24-21-18-15-12-9-6-3)51-90-97(86,87)96-70-68(94-71-66(84)61(79)59(77)54(49-73)92-71)64(82)63(81)65(83)69(70)95-72-67(85)62(80)60(78)55(93-72)52-89-57(75)47-44-41-38-35-32-29-23-20-17-14-11-8-5-2/h29,32,53-55,59-73,77-85H,4-28,30-31,33-52H2,1-3H3,(H,86,87)/b32-29-. The molecule has 25 heteroatoms. The van der Waals surface area contributed by atoms with Crippen LogP contribution in [0.2, 0.25) is 0 Å². The summed E-state index contributed by atoms with van der Waals surface area (Å²) < 4.78 is 65.0. The van der Waals surface area contributed by atoms with Crippen molar-refractivity contribution in [1.29, 1.82) is 0 Å². The number of phosphoric acid groups is 1. The summed E-state index contributed by atoms with van der Waals surface area (Å²) in [5.74, 6) is -1.99. The molecule has 0 amide bonds. The Morgan fingerprint density at radius 2 is 0.722 bits per heavy atom. The molecule has 0 radical (unpaired) electrons. The Hall–Kier alpha value is -2.30. The van der Waals surface area contributed by atoms with E-state index >= 15 is 0 Å². The first kappa shape index (κ1) is 88.9. The van der Waals surface area contributed by atoms with Crippen LogP contribution in [0.3, 0.4) is 0 Å². The molecule has 2 aliphatic heterocycles. The van der Waals surface area contributed by atoms with E-state index in [1.54, 1.807) is 0 Å². The van der Waals surface area contributed by atoms with Crippen molar-refractivity contribution in [3.63, 3.8) is 0 Å². The van der Waals surface area contributed by atoms with Gasteiger partial charge in [0.2, 0.25) is 0 Å². The molecule has 24 nitrogen and oxygen atoms in total. The number of rotatable bonds is 59. The number of allylic oxidation sites excluding steroid dienone is 2. The highest BCUT2D eigenvalue weighted by Gasteiger charge is 2.58. The van der Waals surface area contributed by atoms with Gasteiger partial charge in [-0.05, 0) is 44.9 Å². The minimum absolute atomic E-state index is 0.00939. The fourth-order valence-corrected chi connectivity index (χ4v) is 13.5. The lowest BCUT2D eigenvalue weighted by Gasteiger charge is -2.49. The van der Waals surface area contributed by atoms with Gasteiger partial charge in [-0.25, -0.2) is 4.57 Å². The zero-order chi connectivity index (χ0) is 71.1. The predicted molar refractivity (Wildman–Crippen MR) is 365 cm³/mol. The number of hydrogen-bond donors (Lipinski definition) is 11. The Morgan fingerprint density at radius 3 is 1.12 bits per heavy atom. The lowest BCUT2D eigenvalue weighted by molar-refractivity contribution is -0.360. The van der Waals surface area contributed by atoms with Crippen molar-refractivity contribution in [2.45, 2.75) is 401 Å². The van der Waals surface area contributed by atoms with E-state index in [0.29, 0.717) is 19.3 Å². The second kappa shape index (κ2) is 54.4. The average Bonchev–Trinajstić information content (AvgIpc) is 0.763. The molecule has 18 atom stereocenters. The van der Waals surface area contributed by atoms with Crippen LogP contribution in [-0.2, 0) is 61.2 Å². The van der Waals surface area contributed by atoms with Crippen molar-refractivity contribution in [1.82, 2.24) is 0 Å². The number of carbonyl (C=O) groups is 3. The van der Waals surface area contributed by atoms with Gasteiger partial charge < -0.3 is 89.1 Å². The molecule has 0 aromatic carbocycles. The van der Waals surface area contributed by atoms with Crippen molar-refractivity contribution in [2.24, 2.45) is 0 Å². The second-order valence-corrected chi connectivity index (χ2v) is 28.8. The first-order valence-corrected chi connectivity index (χ1v) is 39.5. The third-order valence-corrected chi connectivity index (χ3v) is 19.8. The van der Waals surface area contributed by atoms with Crippen molar-refractivity contribution in [3.05, 3.63) is 12.2 Å². The van der Waals surface area contributed by atoms with E-state index in [2.05, 4.69) is 32.9 Å². The minimum Gasteiger partial charge on any atom is -0.463 e. The van der Waals surface area contributed by atoms with Crippen LogP contribution in [0.15, 0.2) is 12.2 Å². The molecule has 0 bridgehead atoms. The van der Waals surface area contributed by atoms with Gasteiger partial charge in [0.15, 0.2) is 18.7 Å². The van der Waals surface area contributed by atoms with E-state index < -0.39 is 156 Å². The predicted octanol–water partition coefficient (Wildman–Crippen LogP) is 10.4. The van der Waals surface area contributed by atoms with Crippen LogP contribution in [0, 0.1) is 0 Å². The molecule has 97 heavy (non-hydrogen) atoms. The van der Waals surface area contributed by atoms with E-state index in [-0.39, 0.29) is 19.3 Å². The van der Waals surface area contributed by atoms with Gasteiger partial charge in [0.25, 0.3) is 0 Å². The smallest absolute Gasteiger partial charge is 0.463 e. The molecule has 18 unspecified atom stereocenters. The van der Waals surface area contributed by atoms with Gasteiger partial charge in [0.05, 0.1) is 13.2 Å². The summed E-state index contributed by atoms with van der Waals surface area (Å²) in [4.78, 5) is 51.0. The number of carbonyl (C=O) groups excluding carboxylic acids is 3. The third-order valence-electron chi connectivity index (χ3n) is 18.8. The zero-order valence-electron chi connectivity index (χ0n) is 59.4. The van der Waals surface area contributed by atoms with Crippen LogP contribution in [0.4, 0.5) is 0 Å². The number of unbranched alkanes of at least 4 members (excludes halogenated alkanes) is 36. The summed E-state index contributed by atoms with van der Waals surface area (Å²) in [5.41, 5.74) is 0. The first-order valence-electron chi connectivity index (χ1n) is 38.0. The van der Waals surface area contributed by atoms with E-state index in [1.807, 2.05) is 0 Å². The molecule has 3 rings (SSSR count). The molecule has 1 saturated carbocycles. The fourth-order valence-electron chi connectivity index (χ4n) is 12.6. The van der Waals surface area contributed by atoms with Crippen LogP contribution >= 0.6 is 7.82 Å². The third kappa shape index (κ3) is 37.6. The van der Waals surface area contributed by atoms with E-state index in [0.717, 1.165) is 96.3 Å². The Balaban J connectivity index is 1.73. The van der Waals surface area contributed by atoms with Gasteiger partial charge >= 0.3 is 25.7 Å². The topological polar surface area (TPSA) is 374 Å². The number of hydrogen-bond acceptors (Lipinski definition) is 23. The van der Waals surface area contributed by atoms with E-state index in [4.69, 9.17) is 42.2 Å². The first-order chi connectivity index (χ1) is 46.8. The number of aliphatic hydroxyl groups is 10. The highest BCUT2D eigenvalue weighted by atomic mass is 31.2. The van der Waals surface area contributed by atoms with Gasteiger partial charge in [0.1, 0.15) is 98.7 Å². The van der Waals surface area contributed by atoms with Crippen molar-refractivity contribution >= 4 is 25.7 Å². The highest BCUT2D eigenvalue weighted by Crippen LogP contribution is 2.49. The van der Waals surface area contributed by atoms with Crippen LogP contribution < -0.4 is 0 Å². The normalized spacial score (nSPS) is 27.8. The minimum atomic E-state index is -5.69. The second-order valence-electron chi connectivity index (χ2n) is 27.4. The SMILES string of the molecule is CCCCCCCC/C=C\CCCCCC(=O)OCC1OC(OC2C(O)C(O)C(O)C(OC3OC(CO)C(O)C(O)C3O)C2OP(=O)(O)OCC(COC(=O)CCCCCCCCCCCCCC)OC(=O)CCCCCCCCCCCCCCCCCCC)C(O)C(O)C1O. The maximum Gasteiger partial charge on any atom is 0.472 e. The summed E-state index contributed by atoms with van der Waals surface area (Å²) in [6.07, 6.45) is 12.8. The molecule has 1 aliphatic carbocycles. The molecule has 570 valence electrons. The lowest BCUT2D eigenvalue weighted by Crippen LogP contribution is -2.69. The summed E-state index contributed by atoms with van der Waals surface area (Å²) in [5, 5.41) is 110. The Labute approximate surface area is 580 Å². The van der Waals surface area contributed by atoms with Crippen molar-refractivity contribution < 1.29 is 117 Å². The highest BCUT2D eigenvalue weighted by molar-refractivity contribution is 7.47. The maximum atomic E-state index is 14.3. The Morgan fingerprint density at radius 1 is 0.392 bits per heavy atom. The number of ether oxygens (including phenoxy) is 7. The van der Waals surface area contributed by atoms with Crippen molar-refractivity contribution in [2.75, 3.05) is 26.4 Å². The molecule has 3 aliphatic rings. The quantitative estimate of drug-likeness (QED) is 0.00886. The summed E-state index contributed by atoms with van der Waals surface area (Å²) >= 11 is 0. The van der Waals surface area contributed by atoms with Gasteiger partial charge in [-0.3, -0.25) is 23.4 Å². The monoisotopic (exact) mass is 1410 g/mol. The number of aliphatic hydroxyl groups excluding tert-OH is 10. The molecular formula is C72H133O24P. The molecular weight excluding hydrogens is 1280 g/mol. The van der Waals surface area contributed by atoms with Crippen molar-refractivity contribution in [3.8, 4) is 0 Å². The van der Waals surface area contributed by atoms with E-state index in [1.165, 1.54) is 141 Å². The lowest BCUT2D eigenvalue weighted by atomic mass is 9.84. The van der Waals surface area contributed by atoms with Gasteiger partial charge in [-0.1, -0.05) is 245 Å². The molecule has 0 aromatic heterocycles.